The number of urea groups is 1. The number of nitrogens with one attached hydrogen (secondary N) is 1. The summed E-state index contributed by atoms with van der Waals surface area (Å²) in [6.45, 7) is 10.9. The quantitative estimate of drug-likeness (QED) is 0.471. The number of amides is 2. The third-order valence-corrected chi connectivity index (χ3v) is 6.50. The number of carbonyl (C=O) groups is 2. The van der Waals surface area contributed by atoms with Crippen LogP contribution in [0.25, 0.3) is 0 Å². The molecule has 0 aromatic carbocycles. The van der Waals surface area contributed by atoms with E-state index in [1.54, 1.807) is 27.0 Å². The molecule has 0 spiro atoms. The number of rotatable bonds is 7. The fourth-order valence-electron chi connectivity index (χ4n) is 3.22. The lowest BCUT2D eigenvalue weighted by molar-refractivity contribution is -0.152. The maximum Gasteiger partial charge on any atom is 0.475 e. The van der Waals surface area contributed by atoms with Crippen LogP contribution in [-0.2, 0) is 32.4 Å². The summed E-state index contributed by atoms with van der Waals surface area (Å²) in [7, 11) is -3.78. The molecule has 3 aliphatic rings. The second-order valence-corrected chi connectivity index (χ2v) is 9.51. The first kappa shape index (κ1) is 23.0. The summed E-state index contributed by atoms with van der Waals surface area (Å²) >= 11 is 0. The molecule has 11 heteroatoms. The van der Waals surface area contributed by atoms with Gasteiger partial charge in [-0.15, -0.1) is 0 Å². The molecule has 2 saturated heterocycles. The number of nitrogens with zero attached hydrogens (tertiary/aromatic N) is 1. The Morgan fingerprint density at radius 1 is 1.40 bits per heavy atom. The van der Waals surface area contributed by atoms with Crippen molar-refractivity contribution in [3.63, 3.8) is 0 Å². The summed E-state index contributed by atoms with van der Waals surface area (Å²) in [6.07, 6.45) is 0.521. The van der Waals surface area contributed by atoms with Gasteiger partial charge in [0.1, 0.15) is 18.4 Å². The Labute approximate surface area is 176 Å². The first-order valence-corrected chi connectivity index (χ1v) is 11.4. The highest BCUT2D eigenvalue weighted by molar-refractivity contribution is 7.48. The maximum atomic E-state index is 12.8. The molecule has 3 rings (SSSR count). The van der Waals surface area contributed by atoms with Crippen molar-refractivity contribution < 1.29 is 37.2 Å². The number of fused-ring (bicyclic) bond motifs is 1. The largest absolute Gasteiger partial charge is 0.475 e. The van der Waals surface area contributed by atoms with E-state index >= 15 is 0 Å². The highest BCUT2D eigenvalue weighted by Crippen LogP contribution is 2.56. The van der Waals surface area contributed by atoms with Gasteiger partial charge in [-0.3, -0.25) is 23.3 Å². The Hall–Kier alpha value is -1.71. The summed E-state index contributed by atoms with van der Waals surface area (Å²) in [5, 5.41) is 2.67. The smallest absolute Gasteiger partial charge is 0.463 e. The molecule has 10 nitrogen and oxygen atoms in total. The van der Waals surface area contributed by atoms with Crippen molar-refractivity contribution in [2.24, 2.45) is 5.92 Å². The van der Waals surface area contributed by atoms with Crippen molar-refractivity contribution in [1.82, 2.24) is 10.2 Å². The van der Waals surface area contributed by atoms with Crippen molar-refractivity contribution >= 4 is 19.8 Å². The van der Waals surface area contributed by atoms with Crippen LogP contribution in [0.15, 0.2) is 24.0 Å². The van der Waals surface area contributed by atoms with Crippen molar-refractivity contribution in [3.05, 3.63) is 24.0 Å². The third kappa shape index (κ3) is 5.31. The van der Waals surface area contributed by atoms with Gasteiger partial charge in [0.25, 0.3) is 0 Å². The van der Waals surface area contributed by atoms with Crippen LogP contribution in [0, 0.1) is 5.92 Å². The molecule has 0 bridgehead atoms. The zero-order valence-corrected chi connectivity index (χ0v) is 18.6. The summed E-state index contributed by atoms with van der Waals surface area (Å²) in [6, 6.07) is -0.350. The second kappa shape index (κ2) is 9.20. The van der Waals surface area contributed by atoms with Crippen LogP contribution in [-0.4, -0.2) is 54.7 Å². The molecule has 0 aliphatic carbocycles. The van der Waals surface area contributed by atoms with Crippen LogP contribution in [0.4, 0.5) is 4.79 Å². The van der Waals surface area contributed by atoms with E-state index in [1.807, 2.05) is 6.92 Å². The number of hydrogen-bond donors (Lipinski definition) is 1. The number of allylic oxidation sites excluding steroid dienone is 1. The summed E-state index contributed by atoms with van der Waals surface area (Å²) < 4.78 is 40.1. The molecule has 0 radical (unpaired) electrons. The molecule has 30 heavy (non-hydrogen) atoms. The molecule has 2 amide bonds. The van der Waals surface area contributed by atoms with Gasteiger partial charge in [-0.1, -0.05) is 13.5 Å². The number of phosphoric ester groups is 1. The van der Waals surface area contributed by atoms with Gasteiger partial charge in [0.15, 0.2) is 0 Å². The van der Waals surface area contributed by atoms with Crippen molar-refractivity contribution in [2.75, 3.05) is 13.2 Å². The van der Waals surface area contributed by atoms with Crippen LogP contribution < -0.4 is 5.32 Å². The van der Waals surface area contributed by atoms with Gasteiger partial charge in [0.2, 0.25) is 0 Å². The minimum Gasteiger partial charge on any atom is -0.463 e. The monoisotopic (exact) mass is 444 g/mol. The highest BCUT2D eigenvalue weighted by atomic mass is 31.2. The van der Waals surface area contributed by atoms with Crippen molar-refractivity contribution in [3.8, 4) is 0 Å². The van der Waals surface area contributed by atoms with E-state index in [0.717, 1.165) is 5.57 Å². The first-order chi connectivity index (χ1) is 14.1. The molecule has 3 heterocycles. The molecule has 2 fully saturated rings. The van der Waals surface area contributed by atoms with Gasteiger partial charge in [0, 0.05) is 18.3 Å². The average Bonchev–Trinajstić information content (AvgIpc) is 3.06. The predicted molar refractivity (Wildman–Crippen MR) is 106 cm³/mol. The van der Waals surface area contributed by atoms with E-state index in [-0.39, 0.29) is 31.3 Å². The summed E-state index contributed by atoms with van der Waals surface area (Å²) in [5.74, 6) is -0.742. The molecular formula is C19H29N2O8P. The average molecular weight is 444 g/mol. The Bertz CT molecular complexity index is 782. The number of esters is 1. The molecule has 1 N–H and O–H groups in total. The van der Waals surface area contributed by atoms with Crippen LogP contribution >= 0.6 is 7.82 Å². The van der Waals surface area contributed by atoms with E-state index < -0.39 is 32.2 Å². The number of hydrogen-bond acceptors (Lipinski definition) is 8. The van der Waals surface area contributed by atoms with Gasteiger partial charge in [-0.05, 0) is 32.8 Å². The standard InChI is InChI=1S/C19H29N2O8P/c1-11(2)27-18(22)12(3)6-7-25-30(24)26-10-16-15(29-30)8-17(28-16)21-9-13(4)14(5)20-19(21)23/h9,11-12,15-17H,5-8,10H2,1-4H3,(H,20,23)/t12?,15-,16+,17+,30?/m0/s1. The van der Waals surface area contributed by atoms with Crippen molar-refractivity contribution in [1.29, 1.82) is 0 Å². The first-order valence-electron chi connectivity index (χ1n) is 9.98. The number of carbonyl (C=O) groups excluding carboxylic acids is 2. The maximum absolute atomic E-state index is 12.8. The third-order valence-electron chi connectivity index (χ3n) is 5.01. The second-order valence-electron chi connectivity index (χ2n) is 7.89. The molecule has 168 valence electrons. The summed E-state index contributed by atoms with van der Waals surface area (Å²) in [5.41, 5.74) is 1.35. The Morgan fingerprint density at radius 2 is 2.13 bits per heavy atom. The fourth-order valence-corrected chi connectivity index (χ4v) is 4.63. The Balaban J connectivity index is 1.52. The Kier molecular flexibility index (Phi) is 7.04. The van der Waals surface area contributed by atoms with Crippen LogP contribution in [0.3, 0.4) is 0 Å². The Morgan fingerprint density at radius 3 is 2.83 bits per heavy atom. The van der Waals surface area contributed by atoms with Gasteiger partial charge in [0.05, 0.1) is 25.2 Å². The lowest BCUT2D eigenvalue weighted by atomic mass is 10.1. The van der Waals surface area contributed by atoms with E-state index in [0.29, 0.717) is 18.5 Å². The minimum absolute atomic E-state index is 0.0197. The normalized spacial score (nSPS) is 32.5. The van der Waals surface area contributed by atoms with Crippen LogP contribution in [0.2, 0.25) is 0 Å². The predicted octanol–water partition coefficient (Wildman–Crippen LogP) is 3.06. The zero-order valence-electron chi connectivity index (χ0n) is 17.7. The highest BCUT2D eigenvalue weighted by Gasteiger charge is 2.49. The lowest BCUT2D eigenvalue weighted by Crippen LogP contribution is -2.45. The topological polar surface area (TPSA) is 113 Å². The van der Waals surface area contributed by atoms with E-state index in [2.05, 4.69) is 11.9 Å². The van der Waals surface area contributed by atoms with Crippen LogP contribution in [0.1, 0.15) is 40.5 Å². The van der Waals surface area contributed by atoms with Crippen LogP contribution in [0.5, 0.6) is 0 Å². The van der Waals surface area contributed by atoms with E-state index in [4.69, 9.17) is 23.0 Å². The van der Waals surface area contributed by atoms with E-state index in [9.17, 15) is 14.2 Å². The minimum atomic E-state index is -3.78. The molecule has 5 atom stereocenters. The molecule has 0 saturated carbocycles. The SMILES string of the molecule is C=C1NC(=O)N([C@H]2C[C@@H]3OP(=O)(OCCC(C)C(=O)OC(C)C)OC[C@H]3O2)C=C1C. The molecule has 2 unspecified atom stereocenters. The van der Waals surface area contributed by atoms with Crippen molar-refractivity contribution in [2.45, 2.75) is 65.1 Å². The number of ether oxygens (including phenoxy) is 2. The fraction of sp³-hybridized carbons (Fsp3) is 0.684. The molecular weight excluding hydrogens is 415 g/mol. The molecule has 0 aromatic heterocycles. The van der Waals surface area contributed by atoms with Gasteiger partial charge >= 0.3 is 19.8 Å². The summed E-state index contributed by atoms with van der Waals surface area (Å²) in [4.78, 5) is 25.5. The zero-order chi connectivity index (χ0) is 22.1. The lowest BCUT2D eigenvalue weighted by Gasteiger charge is -2.30. The number of phosphoric acid groups is 1. The molecule has 3 aliphatic heterocycles. The molecule has 0 aromatic rings. The van der Waals surface area contributed by atoms with Gasteiger partial charge in [-0.25, -0.2) is 9.36 Å². The van der Waals surface area contributed by atoms with E-state index in [1.165, 1.54) is 4.90 Å². The van der Waals surface area contributed by atoms with Gasteiger partial charge in [-0.2, -0.15) is 0 Å². The van der Waals surface area contributed by atoms with Gasteiger partial charge < -0.3 is 14.8 Å².